The van der Waals surface area contributed by atoms with Crippen LogP contribution in [0, 0.1) is 0 Å². The van der Waals surface area contributed by atoms with Crippen LogP contribution in [-0.4, -0.2) is 23.3 Å². The highest BCUT2D eigenvalue weighted by molar-refractivity contribution is 9.10. The lowest BCUT2D eigenvalue weighted by Gasteiger charge is -2.05. The average molecular weight is 247 g/mol. The van der Waals surface area contributed by atoms with E-state index in [4.69, 9.17) is 9.84 Å². The number of halogens is 1. The lowest BCUT2D eigenvalue weighted by molar-refractivity contribution is 0.0696. The first kappa shape index (κ1) is 9.85. The molecular formula is C8H7BrO4. The van der Waals surface area contributed by atoms with Crippen molar-refractivity contribution in [3.63, 3.8) is 0 Å². The maximum Gasteiger partial charge on any atom is 0.335 e. The van der Waals surface area contributed by atoms with Crippen LogP contribution in [0.5, 0.6) is 11.5 Å². The molecule has 1 aromatic carbocycles. The summed E-state index contributed by atoms with van der Waals surface area (Å²) in [5, 5.41) is 18.0. The molecule has 0 aliphatic heterocycles. The zero-order valence-corrected chi connectivity index (χ0v) is 8.33. The summed E-state index contributed by atoms with van der Waals surface area (Å²) >= 11 is 3.01. The zero-order chi connectivity index (χ0) is 10.0. The lowest BCUT2D eigenvalue weighted by atomic mass is 10.2. The summed E-state index contributed by atoms with van der Waals surface area (Å²) in [4.78, 5) is 10.6. The number of methoxy groups -OCH3 is 1. The maximum atomic E-state index is 10.6. The molecule has 0 radical (unpaired) electrons. The van der Waals surface area contributed by atoms with Crippen molar-refractivity contribution in [1.82, 2.24) is 0 Å². The Labute approximate surface area is 82.9 Å². The van der Waals surface area contributed by atoms with Gasteiger partial charge in [0.15, 0.2) is 11.5 Å². The SMILES string of the molecule is COc1cc(C(=O)O)cc(Br)c1O. The fourth-order valence-electron chi connectivity index (χ4n) is 0.853. The highest BCUT2D eigenvalue weighted by Gasteiger charge is 2.12. The Balaban J connectivity index is 3.30. The van der Waals surface area contributed by atoms with E-state index < -0.39 is 5.97 Å². The van der Waals surface area contributed by atoms with E-state index >= 15 is 0 Å². The van der Waals surface area contributed by atoms with Crippen LogP contribution < -0.4 is 4.74 Å². The van der Waals surface area contributed by atoms with Crippen molar-refractivity contribution in [2.75, 3.05) is 7.11 Å². The minimum absolute atomic E-state index is 0.0570. The van der Waals surface area contributed by atoms with Crippen molar-refractivity contribution < 1.29 is 19.7 Å². The van der Waals surface area contributed by atoms with Gasteiger partial charge in [0.25, 0.3) is 0 Å². The number of hydrogen-bond acceptors (Lipinski definition) is 3. The van der Waals surface area contributed by atoms with E-state index in [-0.39, 0.29) is 17.1 Å². The first-order valence-electron chi connectivity index (χ1n) is 3.36. The number of phenols is 1. The van der Waals surface area contributed by atoms with Gasteiger partial charge in [-0.2, -0.15) is 0 Å². The van der Waals surface area contributed by atoms with Crippen molar-refractivity contribution in [3.05, 3.63) is 22.2 Å². The van der Waals surface area contributed by atoms with Crippen molar-refractivity contribution in [2.24, 2.45) is 0 Å². The number of benzene rings is 1. The van der Waals surface area contributed by atoms with Gasteiger partial charge >= 0.3 is 5.97 Å². The monoisotopic (exact) mass is 246 g/mol. The molecule has 1 aromatic rings. The molecule has 5 heteroatoms. The van der Waals surface area contributed by atoms with Crippen LogP contribution >= 0.6 is 15.9 Å². The third-order valence-corrected chi connectivity index (χ3v) is 2.10. The molecule has 0 atom stereocenters. The third-order valence-electron chi connectivity index (χ3n) is 1.50. The van der Waals surface area contributed by atoms with Crippen LogP contribution in [0.1, 0.15) is 10.4 Å². The summed E-state index contributed by atoms with van der Waals surface area (Å²) in [6, 6.07) is 2.56. The van der Waals surface area contributed by atoms with E-state index in [1.165, 1.54) is 19.2 Å². The molecule has 0 aliphatic rings. The first-order chi connectivity index (χ1) is 6.06. The molecule has 0 fully saturated rings. The van der Waals surface area contributed by atoms with Crippen molar-refractivity contribution in [2.45, 2.75) is 0 Å². The van der Waals surface area contributed by atoms with Gasteiger partial charge in [0.2, 0.25) is 0 Å². The molecule has 0 aromatic heterocycles. The molecule has 4 nitrogen and oxygen atoms in total. The second-order valence-electron chi connectivity index (χ2n) is 2.31. The Hall–Kier alpha value is -1.23. The Morgan fingerprint density at radius 3 is 2.62 bits per heavy atom. The normalized spacial score (nSPS) is 9.69. The number of aromatic hydroxyl groups is 1. The van der Waals surface area contributed by atoms with E-state index in [0.29, 0.717) is 4.47 Å². The van der Waals surface area contributed by atoms with Gasteiger partial charge in [0.05, 0.1) is 17.1 Å². The van der Waals surface area contributed by atoms with Crippen LogP contribution in [0.3, 0.4) is 0 Å². The average Bonchev–Trinajstić information content (AvgIpc) is 2.09. The third kappa shape index (κ3) is 1.92. The van der Waals surface area contributed by atoms with E-state index in [1.807, 2.05) is 0 Å². The van der Waals surface area contributed by atoms with Crippen LogP contribution in [0.15, 0.2) is 16.6 Å². The summed E-state index contributed by atoms with van der Waals surface area (Å²) in [5.74, 6) is -1.04. The standard InChI is InChI=1S/C8H7BrO4/c1-13-6-3-4(8(11)12)2-5(9)7(6)10/h2-3,10H,1H3,(H,11,12). The van der Waals surface area contributed by atoms with Gasteiger partial charge in [-0.1, -0.05) is 0 Å². The highest BCUT2D eigenvalue weighted by atomic mass is 79.9. The molecule has 2 N–H and O–H groups in total. The Bertz CT molecular complexity index is 348. The summed E-state index contributed by atoms with van der Waals surface area (Å²) in [6.07, 6.45) is 0. The van der Waals surface area contributed by atoms with E-state index in [1.54, 1.807) is 0 Å². The summed E-state index contributed by atoms with van der Waals surface area (Å²) in [5.41, 5.74) is 0.0570. The molecule has 0 unspecified atom stereocenters. The number of carboxylic acids is 1. The van der Waals surface area contributed by atoms with Gasteiger partial charge in [-0.15, -0.1) is 0 Å². The molecule has 13 heavy (non-hydrogen) atoms. The van der Waals surface area contributed by atoms with Crippen LogP contribution in [0.25, 0.3) is 0 Å². The number of phenolic OH excluding ortho intramolecular Hbond substituents is 1. The molecule has 0 spiro atoms. The van der Waals surface area contributed by atoms with Crippen molar-refractivity contribution in [3.8, 4) is 11.5 Å². The summed E-state index contributed by atoms with van der Waals surface area (Å²) < 4.78 is 5.07. The minimum atomic E-state index is -1.07. The minimum Gasteiger partial charge on any atom is -0.503 e. The fourth-order valence-corrected chi connectivity index (χ4v) is 1.29. The van der Waals surface area contributed by atoms with Crippen LogP contribution in [0.2, 0.25) is 0 Å². The molecule has 0 bridgehead atoms. The summed E-state index contributed by atoms with van der Waals surface area (Å²) in [6.45, 7) is 0. The number of ether oxygens (including phenoxy) is 1. The molecule has 0 saturated heterocycles. The first-order valence-corrected chi connectivity index (χ1v) is 4.15. The van der Waals surface area contributed by atoms with Crippen LogP contribution in [0.4, 0.5) is 0 Å². The number of carbonyl (C=O) groups is 1. The quantitative estimate of drug-likeness (QED) is 0.836. The molecule has 0 aliphatic carbocycles. The second kappa shape index (κ2) is 3.66. The maximum absolute atomic E-state index is 10.6. The molecule has 0 saturated carbocycles. The van der Waals surface area contributed by atoms with E-state index in [2.05, 4.69) is 15.9 Å². The molecule has 0 amide bonds. The second-order valence-corrected chi connectivity index (χ2v) is 3.17. The van der Waals surface area contributed by atoms with E-state index in [9.17, 15) is 9.90 Å². The molecule has 70 valence electrons. The highest BCUT2D eigenvalue weighted by Crippen LogP contribution is 2.34. The lowest BCUT2D eigenvalue weighted by Crippen LogP contribution is -1.97. The van der Waals surface area contributed by atoms with Crippen LogP contribution in [-0.2, 0) is 0 Å². The molecule has 0 heterocycles. The van der Waals surface area contributed by atoms with Gasteiger partial charge in [0.1, 0.15) is 0 Å². The topological polar surface area (TPSA) is 66.8 Å². The largest absolute Gasteiger partial charge is 0.503 e. The number of carboxylic acid groups (broad SMARTS) is 1. The Morgan fingerprint density at radius 2 is 2.15 bits per heavy atom. The zero-order valence-electron chi connectivity index (χ0n) is 6.74. The van der Waals surface area contributed by atoms with Crippen molar-refractivity contribution in [1.29, 1.82) is 0 Å². The van der Waals surface area contributed by atoms with Gasteiger partial charge in [-0.3, -0.25) is 0 Å². The molecular weight excluding hydrogens is 240 g/mol. The van der Waals surface area contributed by atoms with Gasteiger partial charge in [-0.05, 0) is 28.1 Å². The van der Waals surface area contributed by atoms with Gasteiger partial charge in [-0.25, -0.2) is 4.79 Å². The van der Waals surface area contributed by atoms with Gasteiger partial charge < -0.3 is 14.9 Å². The number of hydrogen-bond donors (Lipinski definition) is 2. The predicted octanol–water partition coefficient (Wildman–Crippen LogP) is 1.86. The predicted molar refractivity (Wildman–Crippen MR) is 49.3 cm³/mol. The molecule has 1 rings (SSSR count). The van der Waals surface area contributed by atoms with Crippen molar-refractivity contribution >= 4 is 21.9 Å². The number of aromatic carboxylic acids is 1. The van der Waals surface area contributed by atoms with Gasteiger partial charge in [0, 0.05) is 0 Å². The number of rotatable bonds is 2. The Kier molecular flexibility index (Phi) is 2.77. The fraction of sp³-hybridized carbons (Fsp3) is 0.125. The van der Waals surface area contributed by atoms with E-state index in [0.717, 1.165) is 0 Å². The Morgan fingerprint density at radius 1 is 1.54 bits per heavy atom. The smallest absolute Gasteiger partial charge is 0.335 e. The summed E-state index contributed by atoms with van der Waals surface area (Å²) in [7, 11) is 1.35.